The van der Waals surface area contributed by atoms with Gasteiger partial charge in [-0.15, -0.1) is 0 Å². The fourth-order valence-corrected chi connectivity index (χ4v) is 2.37. The van der Waals surface area contributed by atoms with Gasteiger partial charge in [-0.1, -0.05) is 6.07 Å². The van der Waals surface area contributed by atoms with Crippen LogP contribution in [0.3, 0.4) is 0 Å². The number of halogens is 1. The average molecular weight is 436 g/mol. The summed E-state index contributed by atoms with van der Waals surface area (Å²) < 4.78 is 0.795. The molecule has 0 fully saturated rings. The van der Waals surface area contributed by atoms with Gasteiger partial charge in [0.05, 0.1) is 17.5 Å². The summed E-state index contributed by atoms with van der Waals surface area (Å²) >= 11 is 3.26. The van der Waals surface area contributed by atoms with E-state index in [-0.39, 0.29) is 24.0 Å². The van der Waals surface area contributed by atoms with Crippen molar-refractivity contribution in [3.63, 3.8) is 0 Å². The van der Waals surface area contributed by atoms with Gasteiger partial charge < -0.3 is 10.6 Å². The zero-order chi connectivity index (χ0) is 20.0. The molecule has 142 valence electrons. The van der Waals surface area contributed by atoms with Gasteiger partial charge in [0.2, 0.25) is 11.8 Å². The molecule has 2 aromatic rings. The number of non-ortho nitro benzene ring substituents is 1. The molecule has 0 saturated carbocycles. The van der Waals surface area contributed by atoms with Crippen LogP contribution in [0.5, 0.6) is 0 Å². The van der Waals surface area contributed by atoms with Crippen molar-refractivity contribution in [3.05, 3.63) is 57.2 Å². The van der Waals surface area contributed by atoms with Crippen molar-refractivity contribution < 1.29 is 14.5 Å². The number of hydrogen-bond acceptors (Lipinski definition) is 6. The van der Waals surface area contributed by atoms with Crippen LogP contribution in [0.4, 0.5) is 17.2 Å². The molecule has 1 atom stereocenters. The summed E-state index contributed by atoms with van der Waals surface area (Å²) in [7, 11) is 1.63. The van der Waals surface area contributed by atoms with E-state index in [0.717, 1.165) is 4.47 Å². The summed E-state index contributed by atoms with van der Waals surface area (Å²) in [4.78, 5) is 40.3. The van der Waals surface area contributed by atoms with E-state index in [0.29, 0.717) is 11.5 Å². The molecule has 0 aliphatic rings. The number of nitrogens with zero attached hydrogens (tertiary/aromatic N) is 3. The molecule has 0 radical (unpaired) electrons. The van der Waals surface area contributed by atoms with Crippen LogP contribution < -0.4 is 10.6 Å². The van der Waals surface area contributed by atoms with Crippen molar-refractivity contribution in [1.29, 1.82) is 0 Å². The Bertz CT molecular complexity index is 843. The van der Waals surface area contributed by atoms with E-state index in [1.807, 2.05) is 0 Å². The van der Waals surface area contributed by atoms with Crippen molar-refractivity contribution in [2.24, 2.45) is 0 Å². The number of rotatable bonds is 7. The molecule has 27 heavy (non-hydrogen) atoms. The van der Waals surface area contributed by atoms with E-state index in [1.54, 1.807) is 43.3 Å². The summed E-state index contributed by atoms with van der Waals surface area (Å²) in [5.41, 5.74) is 0.202. The molecule has 1 aromatic heterocycles. The molecule has 0 aliphatic heterocycles. The third-order valence-corrected chi connectivity index (χ3v) is 4.22. The zero-order valence-corrected chi connectivity index (χ0v) is 16.3. The van der Waals surface area contributed by atoms with Gasteiger partial charge in [0.25, 0.3) is 5.69 Å². The van der Waals surface area contributed by atoms with Crippen LogP contribution in [0, 0.1) is 10.1 Å². The minimum Gasteiger partial charge on any atom is -0.324 e. The Labute approximate surface area is 164 Å². The Morgan fingerprint density at radius 2 is 2.04 bits per heavy atom. The molecule has 1 unspecified atom stereocenters. The number of aromatic nitrogens is 1. The van der Waals surface area contributed by atoms with Crippen LogP contribution in [0.2, 0.25) is 0 Å². The van der Waals surface area contributed by atoms with Gasteiger partial charge in [-0.3, -0.25) is 24.6 Å². The lowest BCUT2D eigenvalue weighted by Crippen LogP contribution is -2.43. The summed E-state index contributed by atoms with van der Waals surface area (Å²) in [6.45, 7) is 1.61. The number of benzene rings is 1. The Kier molecular flexibility index (Phi) is 6.97. The molecule has 9 nitrogen and oxygen atoms in total. The Hall–Kier alpha value is -2.85. The third kappa shape index (κ3) is 6.12. The number of amides is 2. The van der Waals surface area contributed by atoms with Crippen LogP contribution >= 0.6 is 15.9 Å². The number of nitrogens with one attached hydrogen (secondary N) is 2. The summed E-state index contributed by atoms with van der Waals surface area (Å²) in [6, 6.07) is 8.43. The maximum Gasteiger partial charge on any atom is 0.271 e. The smallest absolute Gasteiger partial charge is 0.271 e. The van der Waals surface area contributed by atoms with Crippen molar-refractivity contribution in [1.82, 2.24) is 9.88 Å². The first kappa shape index (κ1) is 20.5. The Balaban J connectivity index is 1.91. The van der Waals surface area contributed by atoms with E-state index in [1.165, 1.54) is 18.2 Å². The topological polar surface area (TPSA) is 117 Å². The summed E-state index contributed by atoms with van der Waals surface area (Å²) in [6.07, 6.45) is 1.56. The van der Waals surface area contributed by atoms with Gasteiger partial charge in [0, 0.05) is 28.5 Å². The lowest BCUT2D eigenvalue weighted by molar-refractivity contribution is -0.384. The highest BCUT2D eigenvalue weighted by Crippen LogP contribution is 2.17. The maximum atomic E-state index is 12.3. The van der Waals surface area contributed by atoms with E-state index >= 15 is 0 Å². The Morgan fingerprint density at radius 3 is 2.67 bits per heavy atom. The predicted octanol–water partition coefficient (Wildman–Crippen LogP) is 2.65. The molecule has 0 spiro atoms. The molecule has 0 bridgehead atoms. The molecule has 10 heteroatoms. The number of nitro groups is 1. The highest BCUT2D eigenvalue weighted by molar-refractivity contribution is 9.10. The van der Waals surface area contributed by atoms with Crippen molar-refractivity contribution in [2.45, 2.75) is 13.0 Å². The second-order valence-corrected chi connectivity index (χ2v) is 6.71. The molecule has 2 amide bonds. The van der Waals surface area contributed by atoms with E-state index in [2.05, 4.69) is 31.5 Å². The largest absolute Gasteiger partial charge is 0.324 e. The number of nitro benzene ring substituents is 1. The monoisotopic (exact) mass is 435 g/mol. The molecule has 0 saturated heterocycles. The molecule has 2 N–H and O–H groups in total. The standard InChI is InChI=1S/C17H18BrN5O4/c1-11(17(25)20-13-4-3-5-14(8-13)23(26)27)22(2)10-16(24)21-15-7-6-12(18)9-19-15/h3-9,11H,10H2,1-2H3,(H,20,25)(H,19,21,24). The molecule has 0 aliphatic carbocycles. The van der Waals surface area contributed by atoms with Crippen LogP contribution in [0.25, 0.3) is 0 Å². The first-order chi connectivity index (χ1) is 12.8. The number of carbonyl (C=O) groups excluding carboxylic acids is 2. The lowest BCUT2D eigenvalue weighted by atomic mass is 10.2. The van der Waals surface area contributed by atoms with Crippen LogP contribution in [-0.4, -0.2) is 46.3 Å². The molecular formula is C17H18BrN5O4. The highest BCUT2D eigenvalue weighted by atomic mass is 79.9. The molecule has 2 rings (SSSR count). The number of carbonyl (C=O) groups is 2. The lowest BCUT2D eigenvalue weighted by Gasteiger charge is -2.23. The third-order valence-electron chi connectivity index (χ3n) is 3.75. The van der Waals surface area contributed by atoms with Gasteiger partial charge in [-0.25, -0.2) is 4.98 Å². The summed E-state index contributed by atoms with van der Waals surface area (Å²) in [5, 5.41) is 16.1. The van der Waals surface area contributed by atoms with Crippen LogP contribution in [0.15, 0.2) is 47.1 Å². The number of pyridine rings is 1. The second-order valence-electron chi connectivity index (χ2n) is 5.80. The number of hydrogen-bond donors (Lipinski definition) is 2. The molecule has 1 aromatic carbocycles. The molecule has 1 heterocycles. The average Bonchev–Trinajstić information content (AvgIpc) is 2.63. The number of likely N-dealkylation sites (N-methyl/N-ethyl adjacent to an activating group) is 1. The minimum atomic E-state index is -0.632. The fourth-order valence-electron chi connectivity index (χ4n) is 2.14. The van der Waals surface area contributed by atoms with Gasteiger partial charge >= 0.3 is 0 Å². The first-order valence-electron chi connectivity index (χ1n) is 7.93. The van der Waals surface area contributed by atoms with Crippen LogP contribution in [-0.2, 0) is 9.59 Å². The van der Waals surface area contributed by atoms with E-state index in [9.17, 15) is 19.7 Å². The van der Waals surface area contributed by atoms with Crippen molar-refractivity contribution in [3.8, 4) is 0 Å². The first-order valence-corrected chi connectivity index (χ1v) is 8.72. The van der Waals surface area contributed by atoms with Crippen molar-refractivity contribution in [2.75, 3.05) is 24.2 Å². The SMILES string of the molecule is CC(C(=O)Nc1cccc([N+](=O)[O-])c1)N(C)CC(=O)Nc1ccc(Br)cn1. The van der Waals surface area contributed by atoms with E-state index in [4.69, 9.17) is 0 Å². The number of anilines is 2. The predicted molar refractivity (Wildman–Crippen MR) is 104 cm³/mol. The van der Waals surface area contributed by atoms with Gasteiger partial charge in [0.15, 0.2) is 0 Å². The Morgan fingerprint density at radius 1 is 1.30 bits per heavy atom. The highest BCUT2D eigenvalue weighted by Gasteiger charge is 2.21. The van der Waals surface area contributed by atoms with Crippen LogP contribution in [0.1, 0.15) is 6.92 Å². The van der Waals surface area contributed by atoms with Gasteiger partial charge in [-0.2, -0.15) is 0 Å². The summed E-state index contributed by atoms with van der Waals surface area (Å²) in [5.74, 6) is -0.291. The molecular weight excluding hydrogens is 418 g/mol. The van der Waals surface area contributed by atoms with Crippen molar-refractivity contribution >= 4 is 44.9 Å². The fraction of sp³-hybridized carbons (Fsp3) is 0.235. The normalized spacial score (nSPS) is 11.7. The van der Waals surface area contributed by atoms with E-state index < -0.39 is 11.0 Å². The quantitative estimate of drug-likeness (QED) is 0.509. The van der Waals surface area contributed by atoms with Gasteiger partial charge in [-0.05, 0) is 48.1 Å². The maximum absolute atomic E-state index is 12.3. The second kappa shape index (κ2) is 9.19. The minimum absolute atomic E-state index is 0.0265. The zero-order valence-electron chi connectivity index (χ0n) is 14.7. The van der Waals surface area contributed by atoms with Gasteiger partial charge in [0.1, 0.15) is 5.82 Å².